The van der Waals surface area contributed by atoms with Gasteiger partial charge >= 0.3 is 5.97 Å². The molecule has 12 nitrogen and oxygen atoms in total. The second kappa shape index (κ2) is 20.5. The van der Waals surface area contributed by atoms with Gasteiger partial charge in [0.05, 0.1) is 25.3 Å². The van der Waals surface area contributed by atoms with Crippen LogP contribution in [0.2, 0.25) is 0 Å². The zero-order valence-electron chi connectivity index (χ0n) is 34.9. The molecule has 4 aliphatic heterocycles. The van der Waals surface area contributed by atoms with E-state index in [9.17, 15) is 28.0 Å². The zero-order chi connectivity index (χ0) is 42.0. The summed E-state index contributed by atoms with van der Waals surface area (Å²) in [5.74, 6) is -2.40. The lowest BCUT2D eigenvalue weighted by Gasteiger charge is -2.55. The van der Waals surface area contributed by atoms with Gasteiger partial charge in [-0.05, 0) is 81.0 Å². The first-order valence-corrected chi connectivity index (χ1v) is 22.0. The van der Waals surface area contributed by atoms with Crippen molar-refractivity contribution in [1.29, 1.82) is 0 Å². The quantitative estimate of drug-likeness (QED) is 0.206. The molecule has 4 heterocycles. The summed E-state index contributed by atoms with van der Waals surface area (Å²) >= 11 is 0. The van der Waals surface area contributed by atoms with Crippen molar-refractivity contribution < 1.29 is 37.8 Å². The van der Waals surface area contributed by atoms with Gasteiger partial charge in [-0.15, -0.1) is 0 Å². The van der Waals surface area contributed by atoms with Gasteiger partial charge in [0.15, 0.2) is 0 Å². The molecule has 2 saturated carbocycles. The monoisotopic (exact) mass is 822 g/mol. The van der Waals surface area contributed by atoms with Crippen LogP contribution in [0, 0.1) is 17.6 Å². The summed E-state index contributed by atoms with van der Waals surface area (Å²) in [7, 11) is 0. The Hall–Kier alpha value is -3.98. The van der Waals surface area contributed by atoms with Crippen molar-refractivity contribution in [3.05, 3.63) is 70.8 Å². The third-order valence-corrected chi connectivity index (χ3v) is 13.3. The van der Waals surface area contributed by atoms with Crippen molar-refractivity contribution in [2.45, 2.75) is 114 Å². The Kier molecular flexibility index (Phi) is 15.5. The summed E-state index contributed by atoms with van der Waals surface area (Å²) in [6, 6.07) is 10.3. The van der Waals surface area contributed by atoms with E-state index in [1.807, 2.05) is 36.9 Å². The minimum atomic E-state index is -0.857. The van der Waals surface area contributed by atoms with Crippen molar-refractivity contribution in [1.82, 2.24) is 30.7 Å². The Bertz CT molecular complexity index is 1740. The largest absolute Gasteiger partial charge is 0.480 e. The third kappa shape index (κ3) is 11.4. The lowest BCUT2D eigenvalue weighted by Crippen LogP contribution is -2.65. The maximum Gasteiger partial charge on any atom is 0.317 e. The highest BCUT2D eigenvalue weighted by atomic mass is 19.1. The fraction of sp³-hybridized carbons (Fsp3) is 0.644. The number of nitrogens with one attached hydrogen (secondary N) is 3. The van der Waals surface area contributed by atoms with E-state index in [0.717, 1.165) is 102 Å². The van der Waals surface area contributed by atoms with Gasteiger partial charge in [-0.1, -0.05) is 51.3 Å². The van der Waals surface area contributed by atoms with Crippen LogP contribution in [0.4, 0.5) is 8.78 Å². The van der Waals surface area contributed by atoms with E-state index in [1.165, 1.54) is 12.1 Å². The van der Waals surface area contributed by atoms with Gasteiger partial charge in [-0.2, -0.15) is 0 Å². The number of piperidine rings is 1. The molecule has 6 aliphatic rings. The highest BCUT2D eigenvalue weighted by molar-refractivity contribution is 5.98. The molecule has 4 N–H and O–H groups in total. The first-order valence-electron chi connectivity index (χ1n) is 22.0. The first kappa shape index (κ1) is 44.6. The number of likely N-dealkylation sites (tertiary alicyclic amines) is 1. The van der Waals surface area contributed by atoms with E-state index >= 15 is 0 Å². The molecule has 8 rings (SSSR count). The maximum absolute atomic E-state index is 14.3. The minimum absolute atomic E-state index is 0.0118. The van der Waals surface area contributed by atoms with E-state index in [0.29, 0.717) is 43.9 Å². The lowest BCUT2D eigenvalue weighted by molar-refractivity contribution is -0.174. The van der Waals surface area contributed by atoms with Gasteiger partial charge in [0.2, 0.25) is 11.8 Å². The number of halogens is 2. The molecular formula is C45H64F2N6O6. The van der Waals surface area contributed by atoms with Crippen LogP contribution in [0.3, 0.4) is 0 Å². The van der Waals surface area contributed by atoms with Crippen LogP contribution >= 0.6 is 0 Å². The van der Waals surface area contributed by atoms with Crippen molar-refractivity contribution >= 4 is 23.7 Å². The maximum atomic E-state index is 14.3. The number of fused-ring (bicyclic) bond motifs is 3. The number of amides is 3. The summed E-state index contributed by atoms with van der Waals surface area (Å²) in [6.45, 7) is 9.16. The van der Waals surface area contributed by atoms with Crippen LogP contribution in [0.5, 0.6) is 0 Å². The third-order valence-electron chi connectivity index (χ3n) is 13.3. The summed E-state index contributed by atoms with van der Waals surface area (Å²) in [4.78, 5) is 58.6. The van der Waals surface area contributed by atoms with Crippen LogP contribution in [0.15, 0.2) is 42.5 Å². The fourth-order valence-electron chi connectivity index (χ4n) is 9.75. The van der Waals surface area contributed by atoms with Crippen molar-refractivity contribution in [3.63, 3.8) is 0 Å². The predicted molar refractivity (Wildman–Crippen MR) is 221 cm³/mol. The van der Waals surface area contributed by atoms with Crippen LogP contribution < -0.4 is 16.0 Å². The average molecular weight is 823 g/mol. The summed E-state index contributed by atoms with van der Waals surface area (Å²) < 4.78 is 33.7. The second-order valence-corrected chi connectivity index (χ2v) is 17.1. The average Bonchev–Trinajstić information content (AvgIpc) is 3.27. The number of rotatable bonds is 14. The van der Waals surface area contributed by atoms with E-state index in [2.05, 4.69) is 20.9 Å². The molecule has 0 aromatic heterocycles. The van der Waals surface area contributed by atoms with Crippen LogP contribution in [0.1, 0.15) is 112 Å². The van der Waals surface area contributed by atoms with Crippen molar-refractivity contribution in [2.75, 3.05) is 65.5 Å². The predicted octanol–water partition coefficient (Wildman–Crippen LogP) is 5.07. The normalized spacial score (nSPS) is 25.5. The van der Waals surface area contributed by atoms with E-state index in [1.54, 1.807) is 11.0 Å². The topological polar surface area (TPSA) is 144 Å². The minimum Gasteiger partial charge on any atom is -0.480 e. The number of nitrogens with zero attached hydrogens (tertiary/aromatic N) is 3. The number of ether oxygens (including phenoxy) is 1. The number of aliphatic carboxylic acids is 1. The molecule has 6 fully saturated rings. The van der Waals surface area contributed by atoms with Gasteiger partial charge in [0.1, 0.15) is 17.7 Å². The molecule has 14 heteroatoms. The molecule has 4 saturated heterocycles. The smallest absolute Gasteiger partial charge is 0.317 e. The molecule has 2 bridgehead atoms. The van der Waals surface area contributed by atoms with E-state index < -0.39 is 23.6 Å². The zero-order valence-corrected chi connectivity index (χ0v) is 34.9. The molecule has 2 aliphatic carbocycles. The van der Waals surface area contributed by atoms with Crippen molar-refractivity contribution in [2.24, 2.45) is 5.92 Å². The number of hydrogen-bond donors (Lipinski definition) is 4. The van der Waals surface area contributed by atoms with Gasteiger partial charge in [0.25, 0.3) is 5.91 Å². The van der Waals surface area contributed by atoms with E-state index in [-0.39, 0.29) is 60.3 Å². The lowest BCUT2D eigenvalue weighted by atomic mass is 9.71. The number of hydrogen-bond acceptors (Lipinski definition) is 8. The van der Waals surface area contributed by atoms with Crippen LogP contribution in [-0.2, 0) is 25.7 Å². The molecule has 0 spiro atoms. The summed E-state index contributed by atoms with van der Waals surface area (Å²) in [5.41, 5.74) is 1.28. The number of carboxylic acids is 1. The van der Waals surface area contributed by atoms with Crippen LogP contribution in [-0.4, -0.2) is 126 Å². The fourth-order valence-corrected chi connectivity index (χ4v) is 9.75. The number of carbonyl (C=O) groups excluding carboxylic acids is 3. The first-order chi connectivity index (χ1) is 28.5. The highest BCUT2D eigenvalue weighted by Crippen LogP contribution is 2.44. The van der Waals surface area contributed by atoms with Gasteiger partial charge in [-0.3, -0.25) is 29.4 Å². The molecule has 59 heavy (non-hydrogen) atoms. The SMILES string of the molecule is CC.O=C(O)CNC12CCC(CN3CCN(C(=O)C(NC(=O)c4cccc(C5CCCN(C(=O)CNCc6ccc(F)cc6F)C5)c4)C4CCCCC4)CC3)(CC1)OC2. The molecule has 0 radical (unpaired) electrons. The van der Waals surface area contributed by atoms with Gasteiger partial charge in [-0.25, -0.2) is 8.78 Å². The Labute approximate surface area is 347 Å². The molecule has 2 aromatic rings. The number of piperazine rings is 1. The summed E-state index contributed by atoms with van der Waals surface area (Å²) in [6.07, 6.45) is 10.3. The molecule has 3 amide bonds. The molecule has 324 valence electrons. The number of carbonyl (C=O) groups is 4. The molecule has 2 unspecified atom stereocenters. The van der Waals surface area contributed by atoms with Crippen molar-refractivity contribution in [3.8, 4) is 0 Å². The Morgan fingerprint density at radius 2 is 1.61 bits per heavy atom. The van der Waals surface area contributed by atoms with E-state index in [4.69, 9.17) is 9.84 Å². The molecule has 2 aromatic carbocycles. The molecular weight excluding hydrogens is 759 g/mol. The van der Waals surface area contributed by atoms with Gasteiger partial charge < -0.3 is 30.3 Å². The Morgan fingerprint density at radius 3 is 2.29 bits per heavy atom. The second-order valence-electron chi connectivity index (χ2n) is 17.1. The van der Waals surface area contributed by atoms with Crippen LogP contribution in [0.25, 0.3) is 0 Å². The van der Waals surface area contributed by atoms with Gasteiger partial charge in [0, 0.05) is 81.0 Å². The highest BCUT2D eigenvalue weighted by Gasteiger charge is 2.50. The number of carboxylic acid groups (broad SMARTS) is 1. The summed E-state index contributed by atoms with van der Waals surface area (Å²) in [5, 5.41) is 18.5. The Morgan fingerprint density at radius 1 is 0.864 bits per heavy atom. The molecule has 2 atom stereocenters. The number of benzene rings is 2. The Balaban J connectivity index is 0.00000288. The standard InChI is InChI=1S/C43H58F2N6O6.C2H6/c44-35-12-11-33(36(45)23-35)24-46-25-37(52)51-17-5-10-34(27-51)31-8-4-9-32(22-31)40(55)48-39(30-6-2-1-3-7-30)41(56)50-20-18-49(19-21-50)28-43-15-13-42(14-16-43,29-57-43)47-26-38(53)54;1-2/h4,8-9,11-12,22-23,30,34,39,46-47H,1-3,5-7,10,13-21,24-29H2,(H,48,55)(H,53,54);1-2H3.